The van der Waals surface area contributed by atoms with Crippen LogP contribution in [-0.2, 0) is 4.79 Å². The molecule has 1 fully saturated rings. The molecule has 96 valence electrons. The number of hydrogen-bond acceptors (Lipinski definition) is 4. The third-order valence-electron chi connectivity index (χ3n) is 3.10. The number of carbonyl (C=O) groups excluding carboxylic acids is 2. The summed E-state index contributed by atoms with van der Waals surface area (Å²) < 4.78 is 0. The van der Waals surface area contributed by atoms with Crippen molar-refractivity contribution in [2.45, 2.75) is 25.3 Å². The number of piperidine rings is 1. The van der Waals surface area contributed by atoms with Crippen LogP contribution in [0.4, 0.5) is 0 Å². The molecule has 1 aliphatic heterocycles. The number of carbonyl (C=O) groups is 2. The van der Waals surface area contributed by atoms with Crippen LogP contribution in [-0.4, -0.2) is 46.3 Å². The van der Waals surface area contributed by atoms with Crippen molar-refractivity contribution < 1.29 is 9.59 Å². The fraction of sp³-hybridized carbons (Fsp3) is 0.500. The first-order valence-corrected chi connectivity index (χ1v) is 6.02. The fourth-order valence-electron chi connectivity index (χ4n) is 2.17. The molecular formula is C12H16N4O2. The van der Waals surface area contributed by atoms with Gasteiger partial charge >= 0.3 is 0 Å². The van der Waals surface area contributed by atoms with Crippen LogP contribution in [0.1, 0.15) is 29.8 Å². The molecule has 1 unspecified atom stereocenters. The van der Waals surface area contributed by atoms with Crippen LogP contribution in [0.3, 0.4) is 0 Å². The summed E-state index contributed by atoms with van der Waals surface area (Å²) in [7, 11) is 1.59. The summed E-state index contributed by atoms with van der Waals surface area (Å²) in [4.78, 5) is 33.5. The van der Waals surface area contributed by atoms with Gasteiger partial charge in [-0.15, -0.1) is 0 Å². The fourth-order valence-corrected chi connectivity index (χ4v) is 2.17. The molecule has 6 heteroatoms. The van der Waals surface area contributed by atoms with E-state index in [0.29, 0.717) is 13.0 Å². The molecule has 0 bridgehead atoms. The maximum Gasteiger partial charge on any atom is 0.274 e. The predicted octanol–water partition coefficient (Wildman–Crippen LogP) is 0.217. The lowest BCUT2D eigenvalue weighted by atomic mass is 10.0. The molecule has 2 heterocycles. The third kappa shape index (κ3) is 2.47. The molecule has 1 aromatic heterocycles. The Balaban J connectivity index is 2.19. The summed E-state index contributed by atoms with van der Waals surface area (Å²) in [5.74, 6) is -0.344. The molecule has 0 aliphatic carbocycles. The Labute approximate surface area is 105 Å². The summed E-state index contributed by atoms with van der Waals surface area (Å²) in [6.07, 6.45) is 7.00. The average molecular weight is 248 g/mol. The monoisotopic (exact) mass is 248 g/mol. The maximum atomic E-state index is 12.3. The third-order valence-corrected chi connectivity index (χ3v) is 3.10. The van der Waals surface area contributed by atoms with E-state index in [4.69, 9.17) is 0 Å². The van der Waals surface area contributed by atoms with Crippen molar-refractivity contribution in [3.63, 3.8) is 0 Å². The van der Waals surface area contributed by atoms with Crippen LogP contribution < -0.4 is 5.32 Å². The van der Waals surface area contributed by atoms with Crippen LogP contribution in [0.2, 0.25) is 0 Å². The van der Waals surface area contributed by atoms with E-state index in [1.165, 1.54) is 18.6 Å². The van der Waals surface area contributed by atoms with Gasteiger partial charge in [-0.2, -0.15) is 0 Å². The quantitative estimate of drug-likeness (QED) is 0.812. The number of rotatable bonds is 2. The first kappa shape index (κ1) is 12.5. The number of aromatic nitrogens is 2. The Morgan fingerprint density at radius 1 is 1.39 bits per heavy atom. The van der Waals surface area contributed by atoms with E-state index in [2.05, 4.69) is 15.3 Å². The largest absolute Gasteiger partial charge is 0.357 e. The lowest BCUT2D eigenvalue weighted by Crippen LogP contribution is -2.51. The maximum absolute atomic E-state index is 12.3. The van der Waals surface area contributed by atoms with E-state index in [1.807, 2.05) is 0 Å². The van der Waals surface area contributed by atoms with Crippen molar-refractivity contribution in [3.05, 3.63) is 24.3 Å². The molecule has 1 atom stereocenters. The van der Waals surface area contributed by atoms with Crippen molar-refractivity contribution in [2.24, 2.45) is 0 Å². The number of hydrogen-bond donors (Lipinski definition) is 1. The summed E-state index contributed by atoms with van der Waals surface area (Å²) in [6.45, 7) is 0.591. The van der Waals surface area contributed by atoms with Gasteiger partial charge in [-0.3, -0.25) is 14.6 Å². The average Bonchev–Trinajstić information content (AvgIpc) is 2.46. The lowest BCUT2D eigenvalue weighted by Gasteiger charge is -2.34. The highest BCUT2D eigenvalue weighted by Gasteiger charge is 2.32. The molecule has 2 rings (SSSR count). The number of nitrogens with zero attached hydrogens (tertiary/aromatic N) is 3. The van der Waals surface area contributed by atoms with Crippen molar-refractivity contribution in [2.75, 3.05) is 13.6 Å². The van der Waals surface area contributed by atoms with Gasteiger partial charge in [0.05, 0.1) is 6.20 Å². The molecule has 1 aromatic rings. The standard InChI is InChI=1S/C12H16N4O2/c1-13-11(17)10-4-2-3-7-16(10)12(18)9-8-14-5-6-15-9/h5-6,8,10H,2-4,7H2,1H3,(H,13,17). The lowest BCUT2D eigenvalue weighted by molar-refractivity contribution is -0.126. The van der Waals surface area contributed by atoms with Crippen molar-refractivity contribution in [3.8, 4) is 0 Å². The van der Waals surface area contributed by atoms with Gasteiger partial charge in [0.25, 0.3) is 5.91 Å². The molecule has 0 spiro atoms. The zero-order valence-electron chi connectivity index (χ0n) is 10.3. The van der Waals surface area contributed by atoms with Crippen LogP contribution in [0.5, 0.6) is 0 Å². The number of likely N-dealkylation sites (tertiary alicyclic amines) is 1. The van der Waals surface area contributed by atoms with Crippen molar-refractivity contribution in [1.29, 1.82) is 0 Å². The molecule has 18 heavy (non-hydrogen) atoms. The molecule has 0 saturated carbocycles. The van der Waals surface area contributed by atoms with Gasteiger partial charge in [0.1, 0.15) is 11.7 Å². The minimum atomic E-state index is -0.391. The normalized spacial score (nSPS) is 19.4. The van der Waals surface area contributed by atoms with Crippen LogP contribution in [0, 0.1) is 0 Å². The second kappa shape index (κ2) is 5.57. The topological polar surface area (TPSA) is 75.2 Å². The highest BCUT2D eigenvalue weighted by atomic mass is 16.2. The zero-order chi connectivity index (χ0) is 13.0. The first-order valence-electron chi connectivity index (χ1n) is 6.02. The van der Waals surface area contributed by atoms with E-state index < -0.39 is 6.04 Å². The zero-order valence-corrected chi connectivity index (χ0v) is 10.3. The Morgan fingerprint density at radius 3 is 2.89 bits per heavy atom. The number of likely N-dealkylation sites (N-methyl/N-ethyl adjacent to an activating group) is 1. The van der Waals surface area contributed by atoms with Gasteiger partial charge in [-0.05, 0) is 19.3 Å². The molecule has 0 radical (unpaired) electrons. The molecule has 6 nitrogen and oxygen atoms in total. The van der Waals surface area contributed by atoms with Gasteiger partial charge in [0.15, 0.2) is 0 Å². The summed E-state index contributed by atoms with van der Waals surface area (Å²) in [6, 6.07) is -0.391. The summed E-state index contributed by atoms with van der Waals surface area (Å²) in [5, 5.41) is 2.60. The van der Waals surface area contributed by atoms with Crippen molar-refractivity contribution >= 4 is 11.8 Å². The molecule has 2 amide bonds. The van der Waals surface area contributed by atoms with E-state index >= 15 is 0 Å². The van der Waals surface area contributed by atoms with Gasteiger partial charge in [0, 0.05) is 26.0 Å². The Hall–Kier alpha value is -1.98. The van der Waals surface area contributed by atoms with Gasteiger partial charge in [-0.1, -0.05) is 0 Å². The molecule has 1 saturated heterocycles. The van der Waals surface area contributed by atoms with Crippen molar-refractivity contribution in [1.82, 2.24) is 20.2 Å². The molecular weight excluding hydrogens is 232 g/mol. The summed E-state index contributed by atoms with van der Waals surface area (Å²) >= 11 is 0. The smallest absolute Gasteiger partial charge is 0.274 e. The van der Waals surface area contributed by atoms with Crippen LogP contribution >= 0.6 is 0 Å². The second-order valence-electron chi connectivity index (χ2n) is 4.22. The minimum Gasteiger partial charge on any atom is -0.357 e. The van der Waals surface area contributed by atoms with Crippen LogP contribution in [0.25, 0.3) is 0 Å². The second-order valence-corrected chi connectivity index (χ2v) is 4.22. The Kier molecular flexibility index (Phi) is 3.86. The minimum absolute atomic E-state index is 0.119. The van der Waals surface area contributed by atoms with Gasteiger partial charge in [-0.25, -0.2) is 4.98 Å². The molecule has 1 aliphatic rings. The van der Waals surface area contributed by atoms with E-state index in [1.54, 1.807) is 11.9 Å². The Bertz CT molecular complexity index is 435. The number of nitrogens with one attached hydrogen (secondary N) is 1. The highest BCUT2D eigenvalue weighted by molar-refractivity contribution is 5.96. The molecule has 0 aromatic carbocycles. The first-order chi connectivity index (χ1) is 8.74. The molecule has 1 N–H and O–H groups in total. The number of amides is 2. The highest BCUT2D eigenvalue weighted by Crippen LogP contribution is 2.19. The van der Waals surface area contributed by atoms with E-state index in [0.717, 1.165) is 12.8 Å². The predicted molar refractivity (Wildman–Crippen MR) is 64.8 cm³/mol. The SMILES string of the molecule is CNC(=O)C1CCCCN1C(=O)c1cnccn1. The summed E-state index contributed by atoms with van der Waals surface area (Å²) in [5.41, 5.74) is 0.285. The Morgan fingerprint density at radius 2 is 2.22 bits per heavy atom. The van der Waals surface area contributed by atoms with Crippen LogP contribution in [0.15, 0.2) is 18.6 Å². The van der Waals surface area contributed by atoms with Gasteiger partial charge in [0.2, 0.25) is 5.91 Å². The van der Waals surface area contributed by atoms with E-state index in [9.17, 15) is 9.59 Å². The van der Waals surface area contributed by atoms with E-state index in [-0.39, 0.29) is 17.5 Å². The van der Waals surface area contributed by atoms with Gasteiger partial charge < -0.3 is 10.2 Å².